The third-order valence-electron chi connectivity index (χ3n) is 11.4. The maximum absolute atomic E-state index is 12.8. The molecular weight excluding hydrogens is 440 g/mol. The van der Waals surface area contributed by atoms with Crippen molar-refractivity contribution < 1.29 is 24.9 Å². The van der Waals surface area contributed by atoms with Crippen molar-refractivity contribution in [1.82, 2.24) is 0 Å². The molecule has 0 aromatic heterocycles. The minimum absolute atomic E-state index is 0.131. The van der Waals surface area contributed by atoms with Crippen LogP contribution in [0.4, 0.5) is 0 Å². The van der Waals surface area contributed by atoms with E-state index in [0.29, 0.717) is 19.3 Å². The van der Waals surface area contributed by atoms with Crippen molar-refractivity contribution in [3.05, 3.63) is 11.6 Å². The highest BCUT2D eigenvalue weighted by molar-refractivity contribution is 5.92. The summed E-state index contributed by atoms with van der Waals surface area (Å²) >= 11 is 0. The first-order valence-corrected chi connectivity index (χ1v) is 14.4. The highest BCUT2D eigenvalue weighted by Crippen LogP contribution is 2.73. The number of aliphatic hydroxyl groups excluding tert-OH is 2. The van der Waals surface area contributed by atoms with Crippen LogP contribution in [0, 0.1) is 28.1 Å². The topological polar surface area (TPSA) is 94.8 Å². The number of ketones is 2. The van der Waals surface area contributed by atoms with Gasteiger partial charge in [-0.25, -0.2) is 0 Å². The first-order valence-electron chi connectivity index (χ1n) is 14.4. The number of hydrogen-bond acceptors (Lipinski definition) is 5. The molecule has 4 aliphatic carbocycles. The number of hydrogen-bond donors (Lipinski definition) is 3. The Hall–Kier alpha value is -1.04. The minimum Gasteiger partial charge on any atom is -0.392 e. The number of carbonyl (C=O) groups is 2. The summed E-state index contributed by atoms with van der Waals surface area (Å²) < 4.78 is 0. The molecule has 5 nitrogen and oxygen atoms in total. The first kappa shape index (κ1) is 27.0. The van der Waals surface area contributed by atoms with E-state index in [1.54, 1.807) is 0 Å². The largest absolute Gasteiger partial charge is 0.392 e. The normalized spacial score (nSPS) is 42.7. The summed E-state index contributed by atoms with van der Waals surface area (Å²) in [5.74, 6) is 0.0419. The van der Waals surface area contributed by atoms with Crippen LogP contribution in [-0.4, -0.2) is 45.2 Å². The number of aliphatic hydroxyl groups is 3. The molecular formula is C30H48O5. The molecule has 3 fully saturated rings. The van der Waals surface area contributed by atoms with Crippen molar-refractivity contribution in [2.45, 2.75) is 129 Å². The van der Waals surface area contributed by atoms with Gasteiger partial charge in [0.05, 0.1) is 6.10 Å². The average Bonchev–Trinajstić information content (AvgIpc) is 3.09. The highest BCUT2D eigenvalue weighted by Gasteiger charge is 2.72. The molecule has 3 saturated carbocycles. The van der Waals surface area contributed by atoms with Gasteiger partial charge in [-0.2, -0.15) is 0 Å². The molecule has 198 valence electrons. The van der Waals surface area contributed by atoms with Crippen molar-refractivity contribution in [2.24, 2.45) is 28.1 Å². The van der Waals surface area contributed by atoms with Crippen molar-refractivity contribution in [1.29, 1.82) is 0 Å². The standard InChI is InChI=1S/C30H48O5/c1-4-5-6-7-8-9-10-15-29-24(12-11-21-18-22(32)13-16-27(21,29)2)23-14-17-30(35,26(34)20-31)28(23,3)19-25(29)33/h18,23-25,31,33,35H,4-17,19-20H2,1-3H3. The quantitative estimate of drug-likeness (QED) is 0.363. The Kier molecular flexibility index (Phi) is 7.73. The summed E-state index contributed by atoms with van der Waals surface area (Å²) in [7, 11) is 0. The summed E-state index contributed by atoms with van der Waals surface area (Å²) in [6.07, 6.45) is 15.3. The van der Waals surface area contributed by atoms with Gasteiger partial charge in [0.25, 0.3) is 0 Å². The first-order chi connectivity index (χ1) is 16.6. The van der Waals surface area contributed by atoms with Crippen LogP contribution in [-0.2, 0) is 9.59 Å². The smallest absolute Gasteiger partial charge is 0.190 e. The van der Waals surface area contributed by atoms with Crippen LogP contribution in [0.25, 0.3) is 0 Å². The fourth-order valence-corrected chi connectivity index (χ4v) is 9.41. The predicted molar refractivity (Wildman–Crippen MR) is 137 cm³/mol. The zero-order chi connectivity index (χ0) is 25.5. The van der Waals surface area contributed by atoms with Crippen LogP contribution < -0.4 is 0 Å². The van der Waals surface area contributed by atoms with E-state index in [2.05, 4.69) is 13.8 Å². The van der Waals surface area contributed by atoms with Crippen LogP contribution in [0.15, 0.2) is 11.6 Å². The van der Waals surface area contributed by atoms with Gasteiger partial charge in [0.1, 0.15) is 12.2 Å². The monoisotopic (exact) mass is 488 g/mol. The van der Waals surface area contributed by atoms with E-state index in [1.807, 2.05) is 13.0 Å². The molecule has 0 aromatic rings. The molecule has 0 aliphatic heterocycles. The Morgan fingerprint density at radius 2 is 1.69 bits per heavy atom. The predicted octanol–water partition coefficient (Wildman–Crippen LogP) is 5.29. The van der Waals surface area contributed by atoms with Gasteiger partial charge < -0.3 is 15.3 Å². The van der Waals surface area contributed by atoms with E-state index in [4.69, 9.17) is 0 Å². The lowest BCUT2D eigenvalue weighted by molar-refractivity contribution is -0.224. The highest BCUT2D eigenvalue weighted by atomic mass is 16.3. The fourth-order valence-electron chi connectivity index (χ4n) is 9.41. The third-order valence-corrected chi connectivity index (χ3v) is 11.4. The number of carbonyl (C=O) groups excluding carboxylic acids is 2. The van der Waals surface area contributed by atoms with Crippen LogP contribution in [0.2, 0.25) is 0 Å². The second-order valence-corrected chi connectivity index (χ2v) is 12.7. The lowest BCUT2D eigenvalue weighted by Crippen LogP contribution is -2.67. The zero-order valence-electron chi connectivity index (χ0n) is 22.3. The molecule has 3 N–H and O–H groups in total. The van der Waals surface area contributed by atoms with Crippen LogP contribution in [0.5, 0.6) is 0 Å². The molecule has 0 spiro atoms. The minimum atomic E-state index is -1.57. The molecule has 0 aromatic carbocycles. The van der Waals surface area contributed by atoms with E-state index < -0.39 is 29.5 Å². The fraction of sp³-hybridized carbons (Fsp3) is 0.867. The molecule has 0 bridgehead atoms. The number of rotatable bonds is 10. The summed E-state index contributed by atoms with van der Waals surface area (Å²) in [6, 6.07) is 0. The Bertz CT molecular complexity index is 850. The van der Waals surface area contributed by atoms with Crippen LogP contribution in [0.3, 0.4) is 0 Å². The van der Waals surface area contributed by atoms with Gasteiger partial charge in [-0.05, 0) is 68.3 Å². The van der Waals surface area contributed by atoms with Crippen LogP contribution in [0.1, 0.15) is 117 Å². The molecule has 4 rings (SSSR count). The van der Waals surface area contributed by atoms with Crippen molar-refractivity contribution in [2.75, 3.05) is 6.61 Å². The molecule has 0 radical (unpaired) electrons. The maximum Gasteiger partial charge on any atom is 0.190 e. The van der Waals surface area contributed by atoms with E-state index in [-0.39, 0.29) is 28.4 Å². The number of fused-ring (bicyclic) bond motifs is 5. The van der Waals surface area contributed by atoms with Gasteiger partial charge in [-0.1, -0.05) is 71.3 Å². The molecule has 0 saturated heterocycles. The van der Waals surface area contributed by atoms with Crippen LogP contribution >= 0.6 is 0 Å². The lowest BCUT2D eigenvalue weighted by Gasteiger charge is -2.68. The Balaban J connectivity index is 1.67. The third kappa shape index (κ3) is 3.99. The summed E-state index contributed by atoms with van der Waals surface area (Å²) in [5, 5.41) is 33.3. The van der Waals surface area contributed by atoms with Crippen molar-refractivity contribution in [3.63, 3.8) is 0 Å². The summed E-state index contributed by atoms with van der Waals surface area (Å²) in [6.45, 7) is 5.86. The summed E-state index contributed by atoms with van der Waals surface area (Å²) in [4.78, 5) is 25.1. The van der Waals surface area contributed by atoms with E-state index in [9.17, 15) is 24.9 Å². The zero-order valence-corrected chi connectivity index (χ0v) is 22.3. The van der Waals surface area contributed by atoms with Gasteiger partial charge in [0.2, 0.25) is 0 Å². The van der Waals surface area contributed by atoms with Gasteiger partial charge in [0.15, 0.2) is 11.6 Å². The van der Waals surface area contributed by atoms with E-state index in [0.717, 1.165) is 44.9 Å². The molecule has 7 unspecified atom stereocenters. The van der Waals surface area contributed by atoms with Crippen molar-refractivity contribution in [3.8, 4) is 0 Å². The van der Waals surface area contributed by atoms with Gasteiger partial charge >= 0.3 is 0 Å². The molecule has 0 amide bonds. The number of allylic oxidation sites excluding steroid dienone is 1. The van der Waals surface area contributed by atoms with Crippen molar-refractivity contribution >= 4 is 11.6 Å². The van der Waals surface area contributed by atoms with Gasteiger partial charge in [-0.15, -0.1) is 0 Å². The Labute approximate surface area is 211 Å². The lowest BCUT2D eigenvalue weighted by atomic mass is 9.37. The SMILES string of the molecule is CCCCCCCCCC12C(O)CC3(C)C(CCC3(O)C(=O)CO)C1CCC1=CC(=O)CCC12C. The number of Topliss-reactive ketones (excluding diaryl/α,β-unsaturated/α-hetero) is 1. The second-order valence-electron chi connectivity index (χ2n) is 12.7. The Morgan fingerprint density at radius 3 is 2.37 bits per heavy atom. The Morgan fingerprint density at radius 1 is 1.00 bits per heavy atom. The molecule has 0 heterocycles. The molecule has 7 atom stereocenters. The second kappa shape index (κ2) is 10.0. The molecule has 35 heavy (non-hydrogen) atoms. The number of unbranched alkanes of at least 4 members (excludes halogenated alkanes) is 6. The molecule has 4 aliphatic rings. The summed E-state index contributed by atoms with van der Waals surface area (Å²) in [5.41, 5.74) is -1.65. The van der Waals surface area contributed by atoms with E-state index >= 15 is 0 Å². The maximum atomic E-state index is 12.8. The van der Waals surface area contributed by atoms with E-state index in [1.165, 1.54) is 37.7 Å². The molecule has 5 heteroatoms. The van der Waals surface area contributed by atoms with Gasteiger partial charge in [0, 0.05) is 17.3 Å². The van der Waals surface area contributed by atoms with Gasteiger partial charge in [-0.3, -0.25) is 9.59 Å². The average molecular weight is 489 g/mol.